The molecule has 19 heavy (non-hydrogen) atoms. The van der Waals surface area contributed by atoms with E-state index in [2.05, 4.69) is 4.72 Å². The Morgan fingerprint density at radius 1 is 1.53 bits per heavy atom. The van der Waals surface area contributed by atoms with Gasteiger partial charge in [-0.05, 0) is 19.1 Å². The lowest BCUT2D eigenvalue weighted by atomic mass is 10.2. The van der Waals surface area contributed by atoms with Crippen LogP contribution in [0.15, 0.2) is 29.2 Å². The summed E-state index contributed by atoms with van der Waals surface area (Å²) >= 11 is 4.81. The van der Waals surface area contributed by atoms with Gasteiger partial charge in [0.2, 0.25) is 10.0 Å². The predicted octanol–water partition coefficient (Wildman–Crippen LogP) is 0.366. The zero-order valence-electron chi connectivity index (χ0n) is 10.6. The number of sulfonamides is 1. The van der Waals surface area contributed by atoms with Crippen molar-refractivity contribution in [3.63, 3.8) is 0 Å². The molecule has 8 heteroatoms. The summed E-state index contributed by atoms with van der Waals surface area (Å²) in [5, 5.41) is 0. The second-order valence-corrected chi connectivity index (χ2v) is 7.79. The van der Waals surface area contributed by atoms with Crippen molar-refractivity contribution >= 4 is 38.0 Å². The van der Waals surface area contributed by atoms with E-state index in [9.17, 15) is 12.6 Å². The van der Waals surface area contributed by atoms with Gasteiger partial charge in [-0.2, -0.15) is 0 Å². The molecule has 5 nitrogen and oxygen atoms in total. The van der Waals surface area contributed by atoms with Crippen LogP contribution < -0.4 is 10.5 Å². The SMILES string of the molecule is CC(CS(C)=O)NS(=O)(=O)c1cccc(C(N)=S)c1. The zero-order chi connectivity index (χ0) is 14.6. The second kappa shape index (κ2) is 6.56. The number of hydrogen-bond donors (Lipinski definition) is 2. The third-order valence-corrected chi connectivity index (χ3v) is 5.06. The molecule has 0 aliphatic heterocycles. The standard InChI is InChI=1S/C11H16N2O3S3/c1-8(7-18(2)14)13-19(15,16)10-5-3-4-9(6-10)11(12)17/h3-6,8,13H,7H2,1-2H3,(H2,12,17). The van der Waals surface area contributed by atoms with Crippen LogP contribution in [0.25, 0.3) is 0 Å². The molecule has 0 aromatic heterocycles. The molecular formula is C11H16N2O3S3. The number of thiocarbonyl (C=S) groups is 1. The lowest BCUT2D eigenvalue weighted by molar-refractivity contribution is 0.570. The predicted molar refractivity (Wildman–Crippen MR) is 81.0 cm³/mol. The van der Waals surface area contributed by atoms with E-state index in [0.29, 0.717) is 5.56 Å². The first kappa shape index (κ1) is 16.2. The summed E-state index contributed by atoms with van der Waals surface area (Å²) < 4.78 is 37.7. The van der Waals surface area contributed by atoms with Crippen molar-refractivity contribution in [1.29, 1.82) is 0 Å². The third-order valence-electron chi connectivity index (χ3n) is 2.27. The van der Waals surface area contributed by atoms with Gasteiger partial charge in [0.05, 0.1) is 4.90 Å². The first-order chi connectivity index (χ1) is 8.72. The van der Waals surface area contributed by atoms with Gasteiger partial charge in [0.1, 0.15) is 4.99 Å². The summed E-state index contributed by atoms with van der Waals surface area (Å²) in [4.78, 5) is 0.228. The fourth-order valence-corrected chi connectivity index (χ4v) is 3.84. The molecular weight excluding hydrogens is 304 g/mol. The number of benzene rings is 1. The molecule has 0 aliphatic rings. The van der Waals surface area contributed by atoms with Crippen molar-refractivity contribution in [2.24, 2.45) is 5.73 Å². The van der Waals surface area contributed by atoms with Gasteiger partial charge in [-0.3, -0.25) is 4.21 Å². The minimum atomic E-state index is -3.66. The number of hydrogen-bond acceptors (Lipinski definition) is 4. The van der Waals surface area contributed by atoms with Crippen LogP contribution in [-0.4, -0.2) is 35.7 Å². The van der Waals surface area contributed by atoms with E-state index in [1.165, 1.54) is 18.4 Å². The highest BCUT2D eigenvalue weighted by Crippen LogP contribution is 2.12. The average Bonchev–Trinajstić information content (AvgIpc) is 2.27. The van der Waals surface area contributed by atoms with Crippen LogP contribution in [0.3, 0.4) is 0 Å². The summed E-state index contributed by atoms with van der Waals surface area (Å²) in [6, 6.07) is 5.68. The lowest BCUT2D eigenvalue weighted by Crippen LogP contribution is -2.36. The summed E-state index contributed by atoms with van der Waals surface area (Å²) in [7, 11) is -4.73. The van der Waals surface area contributed by atoms with E-state index in [0.717, 1.165) is 0 Å². The fraction of sp³-hybridized carbons (Fsp3) is 0.364. The normalized spacial score (nSPS) is 14.8. The minimum Gasteiger partial charge on any atom is -0.389 e. The highest BCUT2D eigenvalue weighted by Gasteiger charge is 2.18. The minimum absolute atomic E-state index is 0.0894. The van der Waals surface area contributed by atoms with Crippen molar-refractivity contribution in [2.75, 3.05) is 12.0 Å². The monoisotopic (exact) mass is 320 g/mol. The Morgan fingerprint density at radius 3 is 2.68 bits per heavy atom. The number of nitrogens with two attached hydrogens (primary N) is 1. The zero-order valence-corrected chi connectivity index (χ0v) is 13.1. The Bertz CT molecular complexity index is 599. The Morgan fingerprint density at radius 2 is 2.16 bits per heavy atom. The molecule has 0 radical (unpaired) electrons. The molecule has 0 bridgehead atoms. The van der Waals surface area contributed by atoms with Crippen LogP contribution in [0.5, 0.6) is 0 Å². The second-order valence-electron chi connectivity index (χ2n) is 4.15. The molecule has 0 fully saturated rings. The Labute approximate surface area is 121 Å². The third kappa shape index (κ3) is 4.98. The molecule has 0 amide bonds. The van der Waals surface area contributed by atoms with E-state index in [1.54, 1.807) is 19.1 Å². The van der Waals surface area contributed by atoms with Crippen molar-refractivity contribution in [1.82, 2.24) is 4.72 Å². The van der Waals surface area contributed by atoms with E-state index in [1.807, 2.05) is 0 Å². The molecule has 0 saturated heterocycles. The van der Waals surface area contributed by atoms with Crippen LogP contribution >= 0.6 is 12.2 Å². The molecule has 2 unspecified atom stereocenters. The first-order valence-electron chi connectivity index (χ1n) is 5.44. The topological polar surface area (TPSA) is 89.3 Å². The van der Waals surface area contributed by atoms with E-state index < -0.39 is 26.9 Å². The van der Waals surface area contributed by atoms with E-state index in [-0.39, 0.29) is 15.6 Å². The van der Waals surface area contributed by atoms with Gasteiger partial charge in [-0.1, -0.05) is 24.4 Å². The summed E-state index contributed by atoms with van der Waals surface area (Å²) in [6.45, 7) is 1.66. The van der Waals surface area contributed by atoms with Crippen LogP contribution in [0, 0.1) is 0 Å². The van der Waals surface area contributed by atoms with Gasteiger partial charge < -0.3 is 5.73 Å². The molecule has 1 aromatic rings. The fourth-order valence-electron chi connectivity index (χ4n) is 1.54. The van der Waals surface area contributed by atoms with Crippen LogP contribution in [0.2, 0.25) is 0 Å². The highest BCUT2D eigenvalue weighted by atomic mass is 32.2. The van der Waals surface area contributed by atoms with Crippen molar-refractivity contribution in [3.8, 4) is 0 Å². The van der Waals surface area contributed by atoms with E-state index in [4.69, 9.17) is 18.0 Å². The quantitative estimate of drug-likeness (QED) is 0.739. The highest BCUT2D eigenvalue weighted by molar-refractivity contribution is 7.89. The van der Waals surface area contributed by atoms with Gasteiger partial charge in [-0.15, -0.1) is 0 Å². The molecule has 0 aliphatic carbocycles. The number of rotatable bonds is 6. The molecule has 0 saturated carbocycles. The maximum Gasteiger partial charge on any atom is 0.240 e. The molecule has 1 rings (SSSR count). The van der Waals surface area contributed by atoms with Crippen molar-refractivity contribution < 1.29 is 12.6 Å². The average molecular weight is 320 g/mol. The maximum absolute atomic E-state index is 12.1. The van der Waals surface area contributed by atoms with Crippen LogP contribution in [-0.2, 0) is 20.8 Å². The van der Waals surface area contributed by atoms with Gasteiger partial charge in [0, 0.05) is 34.4 Å². The molecule has 2 atom stereocenters. The largest absolute Gasteiger partial charge is 0.389 e. The van der Waals surface area contributed by atoms with Crippen LogP contribution in [0.1, 0.15) is 12.5 Å². The Balaban J connectivity index is 2.97. The van der Waals surface area contributed by atoms with Crippen molar-refractivity contribution in [2.45, 2.75) is 17.9 Å². The van der Waals surface area contributed by atoms with Gasteiger partial charge in [0.15, 0.2) is 0 Å². The maximum atomic E-state index is 12.1. The molecule has 0 heterocycles. The molecule has 0 spiro atoms. The van der Waals surface area contributed by atoms with E-state index >= 15 is 0 Å². The number of nitrogens with one attached hydrogen (secondary N) is 1. The Kier molecular flexibility index (Phi) is 5.60. The van der Waals surface area contributed by atoms with Crippen molar-refractivity contribution in [3.05, 3.63) is 29.8 Å². The van der Waals surface area contributed by atoms with Gasteiger partial charge in [0.25, 0.3) is 0 Å². The summed E-state index contributed by atoms with van der Waals surface area (Å²) in [5.74, 6) is 0.258. The molecule has 3 N–H and O–H groups in total. The Hall–Kier alpha value is -0.830. The van der Waals surface area contributed by atoms with Gasteiger partial charge >= 0.3 is 0 Å². The first-order valence-corrected chi connectivity index (χ1v) is 9.06. The molecule has 106 valence electrons. The smallest absolute Gasteiger partial charge is 0.240 e. The van der Waals surface area contributed by atoms with Crippen LogP contribution in [0.4, 0.5) is 0 Å². The summed E-state index contributed by atoms with van der Waals surface area (Å²) in [6.07, 6.45) is 1.53. The van der Waals surface area contributed by atoms with Gasteiger partial charge in [-0.25, -0.2) is 13.1 Å². The summed E-state index contributed by atoms with van der Waals surface area (Å²) in [5.41, 5.74) is 5.96. The molecule has 1 aromatic carbocycles. The lowest BCUT2D eigenvalue weighted by Gasteiger charge is -2.13.